The topological polar surface area (TPSA) is 80.1 Å². The number of amides is 2. The van der Waals surface area contributed by atoms with Gasteiger partial charge in [0.15, 0.2) is 5.82 Å². The smallest absolute Gasteiger partial charge is 0.227 e. The van der Waals surface area contributed by atoms with Crippen LogP contribution in [0.1, 0.15) is 24.5 Å². The van der Waals surface area contributed by atoms with Crippen LogP contribution in [0.5, 0.6) is 0 Å². The van der Waals surface area contributed by atoms with Crippen molar-refractivity contribution >= 4 is 33.4 Å². The van der Waals surface area contributed by atoms with Gasteiger partial charge in [-0.25, -0.2) is 0 Å². The van der Waals surface area contributed by atoms with Crippen molar-refractivity contribution in [3.63, 3.8) is 0 Å². The minimum Gasteiger partial charge on any atom is -0.348 e. The average Bonchev–Trinajstić information content (AvgIpc) is 3.28. The molecule has 0 bridgehead atoms. The minimum absolute atomic E-state index is 0.0263. The first-order valence-corrected chi connectivity index (χ1v) is 9.16. The van der Waals surface area contributed by atoms with E-state index in [1.54, 1.807) is 4.90 Å². The van der Waals surface area contributed by atoms with Gasteiger partial charge in [-0.15, -0.1) is 10.2 Å². The van der Waals surface area contributed by atoms with E-state index >= 15 is 0 Å². The lowest BCUT2D eigenvalue weighted by atomic mass is 10.1. The van der Waals surface area contributed by atoms with Gasteiger partial charge in [-0.05, 0) is 24.6 Å². The number of nitrogens with zero attached hydrogens (tertiary/aromatic N) is 4. The van der Waals surface area contributed by atoms with Gasteiger partial charge in [0.25, 0.3) is 0 Å². The molecule has 2 amide bonds. The molecule has 1 N–H and O–H groups in total. The van der Waals surface area contributed by atoms with Crippen LogP contribution in [0.4, 0.5) is 5.69 Å². The van der Waals surface area contributed by atoms with Crippen molar-refractivity contribution in [2.45, 2.75) is 32.4 Å². The Morgan fingerprint density at radius 3 is 3.08 bits per heavy atom. The number of carbonyl (C=O) groups is 2. The number of anilines is 1. The lowest BCUT2D eigenvalue weighted by Crippen LogP contribution is -2.33. The Labute approximate surface area is 153 Å². The molecule has 25 heavy (non-hydrogen) atoms. The predicted octanol–water partition coefficient (Wildman–Crippen LogP) is 1.66. The average molecular weight is 404 g/mol. The summed E-state index contributed by atoms with van der Waals surface area (Å²) in [6.07, 6.45) is 2.25. The molecule has 7 nitrogen and oxygen atoms in total. The van der Waals surface area contributed by atoms with Gasteiger partial charge in [-0.1, -0.05) is 22.0 Å². The van der Waals surface area contributed by atoms with Crippen LogP contribution in [0.25, 0.3) is 0 Å². The maximum absolute atomic E-state index is 12.5. The van der Waals surface area contributed by atoms with Gasteiger partial charge in [-0.2, -0.15) is 0 Å². The molecule has 0 unspecified atom stereocenters. The molecule has 2 aliphatic rings. The van der Waals surface area contributed by atoms with Crippen molar-refractivity contribution in [3.05, 3.63) is 40.4 Å². The van der Waals surface area contributed by atoms with Gasteiger partial charge in [0.05, 0.1) is 12.5 Å². The van der Waals surface area contributed by atoms with Crippen molar-refractivity contribution in [2.24, 2.45) is 5.92 Å². The van der Waals surface area contributed by atoms with Crippen molar-refractivity contribution in [2.75, 3.05) is 11.4 Å². The highest BCUT2D eigenvalue weighted by atomic mass is 79.9. The third-order valence-corrected chi connectivity index (χ3v) is 5.22. The molecule has 4 rings (SSSR count). The monoisotopic (exact) mass is 403 g/mol. The fourth-order valence-corrected chi connectivity index (χ4v) is 3.82. The van der Waals surface area contributed by atoms with Crippen LogP contribution < -0.4 is 10.2 Å². The maximum atomic E-state index is 12.5. The van der Waals surface area contributed by atoms with E-state index in [1.165, 1.54) is 0 Å². The first kappa shape index (κ1) is 16.3. The van der Waals surface area contributed by atoms with Gasteiger partial charge in [0, 0.05) is 36.1 Å². The number of aryl methyl sites for hydroxylation is 1. The van der Waals surface area contributed by atoms with Crippen molar-refractivity contribution < 1.29 is 9.59 Å². The zero-order valence-corrected chi connectivity index (χ0v) is 15.2. The summed E-state index contributed by atoms with van der Waals surface area (Å²) in [6, 6.07) is 7.55. The molecule has 2 aromatic rings. The van der Waals surface area contributed by atoms with Crippen molar-refractivity contribution in [1.29, 1.82) is 0 Å². The summed E-state index contributed by atoms with van der Waals surface area (Å²) in [4.78, 5) is 26.4. The third kappa shape index (κ3) is 3.18. The number of benzene rings is 1. The fraction of sp³-hybridized carbons (Fsp3) is 0.412. The predicted molar refractivity (Wildman–Crippen MR) is 94.8 cm³/mol. The molecule has 1 aromatic carbocycles. The first-order chi connectivity index (χ1) is 12.1. The zero-order chi connectivity index (χ0) is 17.4. The second kappa shape index (κ2) is 6.59. The third-order valence-electron chi connectivity index (χ3n) is 4.72. The molecular formula is C17H18BrN5O2. The Hall–Kier alpha value is -2.22. The highest BCUT2D eigenvalue weighted by Crippen LogP contribution is 2.27. The summed E-state index contributed by atoms with van der Waals surface area (Å²) in [5.74, 6) is 1.30. The van der Waals surface area contributed by atoms with E-state index in [0.29, 0.717) is 13.1 Å². The molecule has 1 fully saturated rings. The number of hydrogen-bond donors (Lipinski definition) is 1. The Morgan fingerprint density at radius 2 is 2.24 bits per heavy atom. The molecule has 1 saturated heterocycles. The number of hydrogen-bond acceptors (Lipinski definition) is 4. The summed E-state index contributed by atoms with van der Waals surface area (Å²) in [5.41, 5.74) is 0.810. The normalized spacial score (nSPS) is 19.3. The summed E-state index contributed by atoms with van der Waals surface area (Å²) >= 11 is 3.41. The zero-order valence-electron chi connectivity index (χ0n) is 13.6. The van der Waals surface area contributed by atoms with E-state index in [4.69, 9.17) is 0 Å². The SMILES string of the molecule is O=C(NCc1nnc2n1CCC2)[C@@H]1CC(=O)N(c2cccc(Br)c2)C1. The fourth-order valence-electron chi connectivity index (χ4n) is 3.43. The molecule has 0 saturated carbocycles. The van der Waals surface area contributed by atoms with Crippen LogP contribution in [0, 0.1) is 5.92 Å². The Bertz CT molecular complexity index is 834. The summed E-state index contributed by atoms with van der Waals surface area (Å²) in [7, 11) is 0. The molecule has 130 valence electrons. The van der Waals surface area contributed by atoms with Gasteiger partial charge >= 0.3 is 0 Å². The van der Waals surface area contributed by atoms with E-state index in [9.17, 15) is 9.59 Å². The summed E-state index contributed by atoms with van der Waals surface area (Å²) < 4.78 is 2.97. The Morgan fingerprint density at radius 1 is 1.36 bits per heavy atom. The quantitative estimate of drug-likeness (QED) is 0.841. The largest absolute Gasteiger partial charge is 0.348 e. The molecule has 0 aliphatic carbocycles. The van der Waals surface area contributed by atoms with E-state index in [-0.39, 0.29) is 24.2 Å². The Balaban J connectivity index is 1.39. The van der Waals surface area contributed by atoms with Crippen LogP contribution in [0.2, 0.25) is 0 Å². The molecule has 1 aromatic heterocycles. The molecule has 8 heteroatoms. The number of nitrogens with one attached hydrogen (secondary N) is 1. The molecular weight excluding hydrogens is 386 g/mol. The highest BCUT2D eigenvalue weighted by Gasteiger charge is 2.35. The number of carbonyl (C=O) groups excluding carboxylic acids is 2. The lowest BCUT2D eigenvalue weighted by molar-refractivity contribution is -0.126. The second-order valence-electron chi connectivity index (χ2n) is 6.39. The van der Waals surface area contributed by atoms with Crippen LogP contribution >= 0.6 is 15.9 Å². The van der Waals surface area contributed by atoms with Crippen LogP contribution in [-0.4, -0.2) is 33.1 Å². The van der Waals surface area contributed by atoms with E-state index in [1.807, 2.05) is 24.3 Å². The van der Waals surface area contributed by atoms with Crippen LogP contribution in [0.3, 0.4) is 0 Å². The maximum Gasteiger partial charge on any atom is 0.227 e. The van der Waals surface area contributed by atoms with E-state index in [0.717, 1.165) is 41.2 Å². The number of aromatic nitrogens is 3. The number of halogens is 1. The standard InChI is InChI=1S/C17H18BrN5O2/c18-12-3-1-4-13(8-12)23-10-11(7-16(23)24)17(25)19-9-15-21-20-14-5-2-6-22(14)15/h1,3-4,8,11H,2,5-7,9-10H2,(H,19,25)/t11-/m1/s1. The van der Waals surface area contributed by atoms with Crippen LogP contribution in [0.15, 0.2) is 28.7 Å². The second-order valence-corrected chi connectivity index (χ2v) is 7.31. The number of fused-ring (bicyclic) bond motifs is 1. The van der Waals surface area contributed by atoms with Crippen LogP contribution in [-0.2, 0) is 29.1 Å². The molecule has 0 spiro atoms. The first-order valence-electron chi connectivity index (χ1n) is 8.36. The summed E-state index contributed by atoms with van der Waals surface area (Å²) in [6.45, 7) is 1.67. The molecule has 1 atom stereocenters. The van der Waals surface area contributed by atoms with Gasteiger partial charge in [-0.3, -0.25) is 9.59 Å². The highest BCUT2D eigenvalue weighted by molar-refractivity contribution is 9.10. The van der Waals surface area contributed by atoms with Crippen molar-refractivity contribution in [3.8, 4) is 0 Å². The number of rotatable bonds is 4. The van der Waals surface area contributed by atoms with Gasteiger partial charge in [0.2, 0.25) is 11.8 Å². The molecule has 2 aliphatic heterocycles. The Kier molecular flexibility index (Phi) is 4.29. The molecule has 3 heterocycles. The minimum atomic E-state index is -0.340. The molecule has 0 radical (unpaired) electrons. The van der Waals surface area contributed by atoms with Crippen molar-refractivity contribution in [1.82, 2.24) is 20.1 Å². The van der Waals surface area contributed by atoms with Gasteiger partial charge in [0.1, 0.15) is 5.82 Å². The summed E-state index contributed by atoms with van der Waals surface area (Å²) in [5, 5.41) is 11.2. The van der Waals surface area contributed by atoms with Gasteiger partial charge < -0.3 is 14.8 Å². The lowest BCUT2D eigenvalue weighted by Gasteiger charge is -2.17. The van der Waals surface area contributed by atoms with E-state index in [2.05, 4.69) is 36.0 Å². The van der Waals surface area contributed by atoms with E-state index < -0.39 is 0 Å².